The Morgan fingerprint density at radius 3 is 2.15 bits per heavy atom. The molecule has 2 rings (SSSR count). The van der Waals surface area contributed by atoms with Crippen molar-refractivity contribution in [3.63, 3.8) is 0 Å². The summed E-state index contributed by atoms with van der Waals surface area (Å²) in [7, 11) is 1.24. The first-order chi connectivity index (χ1) is 9.12. The second-order valence-corrected chi connectivity index (χ2v) is 6.81. The van der Waals surface area contributed by atoms with Gasteiger partial charge in [0.1, 0.15) is 5.60 Å². The molecule has 0 radical (unpaired) electrons. The fraction of sp³-hybridized carbons (Fsp3) is 0.857. The van der Waals surface area contributed by atoms with Gasteiger partial charge in [0.15, 0.2) is 5.60 Å². The van der Waals surface area contributed by atoms with Gasteiger partial charge >= 0.3 is 12.1 Å². The highest BCUT2D eigenvalue weighted by Gasteiger charge is 2.59. The summed E-state index contributed by atoms with van der Waals surface area (Å²) >= 11 is 0. The molecule has 1 saturated carbocycles. The molecule has 6 heteroatoms. The largest absolute Gasteiger partial charge is 0.467 e. The molecule has 114 valence electrons. The van der Waals surface area contributed by atoms with Gasteiger partial charge in [-0.2, -0.15) is 0 Å². The molecule has 1 aliphatic carbocycles. The molecule has 1 spiro atoms. The first kappa shape index (κ1) is 15.1. The van der Waals surface area contributed by atoms with Gasteiger partial charge in [-0.15, -0.1) is 0 Å². The zero-order chi connectivity index (χ0) is 15.2. The normalized spacial score (nSPS) is 28.1. The van der Waals surface area contributed by atoms with Crippen LogP contribution in [0.25, 0.3) is 0 Å². The Morgan fingerprint density at radius 2 is 1.70 bits per heavy atom. The lowest BCUT2D eigenvalue weighted by Gasteiger charge is -2.43. The molecule has 0 aromatic heterocycles. The molecule has 1 heterocycles. The van der Waals surface area contributed by atoms with E-state index in [1.54, 1.807) is 20.8 Å². The van der Waals surface area contributed by atoms with E-state index in [0.29, 0.717) is 12.8 Å². The van der Waals surface area contributed by atoms with Gasteiger partial charge in [0.05, 0.1) is 13.7 Å². The number of piperidine rings is 1. The molecule has 0 aromatic rings. The molecule has 2 fully saturated rings. The summed E-state index contributed by atoms with van der Waals surface area (Å²) in [5, 5.41) is 10.4. The van der Waals surface area contributed by atoms with Crippen molar-refractivity contribution in [3.05, 3.63) is 0 Å². The van der Waals surface area contributed by atoms with Gasteiger partial charge in [-0.3, -0.25) is 4.90 Å². The molecule has 1 unspecified atom stereocenters. The average molecular weight is 285 g/mol. The predicted molar refractivity (Wildman–Crippen MR) is 71.1 cm³/mol. The van der Waals surface area contributed by atoms with Crippen LogP contribution in [0.5, 0.6) is 0 Å². The van der Waals surface area contributed by atoms with Crippen LogP contribution in [-0.2, 0) is 14.3 Å². The van der Waals surface area contributed by atoms with Crippen LogP contribution in [-0.4, -0.2) is 52.5 Å². The molecule has 1 amide bonds. The van der Waals surface area contributed by atoms with Crippen LogP contribution in [0.3, 0.4) is 0 Å². The second kappa shape index (κ2) is 4.62. The summed E-state index contributed by atoms with van der Waals surface area (Å²) in [4.78, 5) is 25.5. The third-order valence-electron chi connectivity index (χ3n) is 4.00. The maximum Gasteiger partial charge on any atom is 0.410 e. The van der Waals surface area contributed by atoms with Crippen LogP contribution >= 0.6 is 0 Å². The minimum absolute atomic E-state index is 0.0609. The van der Waals surface area contributed by atoms with Crippen LogP contribution in [0, 0.1) is 0 Å². The van der Waals surface area contributed by atoms with E-state index < -0.39 is 23.3 Å². The van der Waals surface area contributed by atoms with Gasteiger partial charge in [0.2, 0.25) is 0 Å². The molecule has 2 aliphatic rings. The van der Waals surface area contributed by atoms with E-state index >= 15 is 0 Å². The molecular formula is C14H23NO5. The number of hydrogen-bond donors (Lipinski definition) is 1. The minimum Gasteiger partial charge on any atom is -0.467 e. The van der Waals surface area contributed by atoms with Gasteiger partial charge < -0.3 is 14.6 Å². The molecular weight excluding hydrogens is 262 g/mol. The zero-order valence-corrected chi connectivity index (χ0v) is 12.6. The zero-order valence-electron chi connectivity index (χ0n) is 12.6. The first-order valence-corrected chi connectivity index (χ1v) is 6.93. The number of amides is 1. The molecule has 20 heavy (non-hydrogen) atoms. The first-order valence-electron chi connectivity index (χ1n) is 6.93. The van der Waals surface area contributed by atoms with E-state index in [1.165, 1.54) is 12.0 Å². The van der Waals surface area contributed by atoms with Crippen molar-refractivity contribution < 1.29 is 24.2 Å². The molecule has 1 aliphatic heterocycles. The van der Waals surface area contributed by atoms with E-state index in [-0.39, 0.29) is 12.1 Å². The van der Waals surface area contributed by atoms with Crippen molar-refractivity contribution >= 4 is 12.1 Å². The van der Waals surface area contributed by atoms with Crippen molar-refractivity contribution in [3.8, 4) is 0 Å². The smallest absolute Gasteiger partial charge is 0.410 e. The van der Waals surface area contributed by atoms with Crippen molar-refractivity contribution in [2.75, 3.05) is 13.7 Å². The van der Waals surface area contributed by atoms with Crippen molar-refractivity contribution in [2.24, 2.45) is 0 Å². The highest BCUT2D eigenvalue weighted by molar-refractivity contribution is 5.81. The summed E-state index contributed by atoms with van der Waals surface area (Å²) < 4.78 is 10.0. The third-order valence-corrected chi connectivity index (χ3v) is 4.00. The Morgan fingerprint density at radius 1 is 1.15 bits per heavy atom. The van der Waals surface area contributed by atoms with Crippen LogP contribution < -0.4 is 0 Å². The number of methoxy groups -OCH3 is 1. The lowest BCUT2D eigenvalue weighted by atomic mass is 9.87. The lowest BCUT2D eigenvalue weighted by Crippen LogP contribution is -2.60. The van der Waals surface area contributed by atoms with Gasteiger partial charge in [-0.05, 0) is 46.5 Å². The van der Waals surface area contributed by atoms with Gasteiger partial charge in [-0.1, -0.05) is 0 Å². The van der Waals surface area contributed by atoms with E-state index in [1.807, 2.05) is 0 Å². The average Bonchev–Trinajstić information content (AvgIpc) is 3.10. The number of esters is 1. The highest BCUT2D eigenvalue weighted by Crippen LogP contribution is 2.50. The molecule has 1 atom stereocenters. The quantitative estimate of drug-likeness (QED) is 0.738. The van der Waals surface area contributed by atoms with Crippen molar-refractivity contribution in [2.45, 2.75) is 63.2 Å². The Kier molecular flexibility index (Phi) is 3.48. The molecule has 1 N–H and O–H groups in total. The highest BCUT2D eigenvalue weighted by atomic mass is 16.6. The predicted octanol–water partition coefficient (Wildman–Crippen LogP) is 1.45. The monoisotopic (exact) mass is 285 g/mol. The summed E-state index contributed by atoms with van der Waals surface area (Å²) in [6.45, 7) is 5.32. The number of hydrogen-bond acceptors (Lipinski definition) is 5. The Balaban J connectivity index is 2.16. The van der Waals surface area contributed by atoms with Crippen LogP contribution in [0.2, 0.25) is 0 Å². The number of carbonyl (C=O) groups is 2. The van der Waals surface area contributed by atoms with Gasteiger partial charge in [-0.25, -0.2) is 9.59 Å². The Labute approximate surface area is 119 Å². The summed E-state index contributed by atoms with van der Waals surface area (Å²) in [5.41, 5.74) is -2.46. The van der Waals surface area contributed by atoms with Crippen LogP contribution in [0.4, 0.5) is 4.79 Å². The van der Waals surface area contributed by atoms with Gasteiger partial charge in [0.25, 0.3) is 0 Å². The standard InChI is InChI=1S/C14H23NO5/c1-12(2,3)20-11(17)15-9-14(18,10(16)19-4)8-7-13(15)5-6-13/h18H,5-9H2,1-4H3. The molecule has 0 aromatic carbocycles. The van der Waals surface area contributed by atoms with Crippen molar-refractivity contribution in [1.82, 2.24) is 4.90 Å². The van der Waals surface area contributed by atoms with Gasteiger partial charge in [0, 0.05) is 5.54 Å². The van der Waals surface area contributed by atoms with E-state index in [2.05, 4.69) is 4.74 Å². The van der Waals surface area contributed by atoms with E-state index in [4.69, 9.17) is 4.74 Å². The van der Waals surface area contributed by atoms with E-state index in [9.17, 15) is 14.7 Å². The number of rotatable bonds is 1. The number of nitrogens with zero attached hydrogens (tertiary/aromatic N) is 1. The van der Waals surface area contributed by atoms with Crippen molar-refractivity contribution in [1.29, 1.82) is 0 Å². The topological polar surface area (TPSA) is 76.1 Å². The Hall–Kier alpha value is -1.30. The summed E-state index contributed by atoms with van der Waals surface area (Å²) in [6.07, 6.45) is 2.22. The SMILES string of the molecule is COC(=O)C1(O)CCC2(CC2)N(C(=O)OC(C)(C)C)C1. The number of carbonyl (C=O) groups excluding carboxylic acids is 2. The maximum atomic E-state index is 12.3. The maximum absolute atomic E-state index is 12.3. The Bertz CT molecular complexity index is 424. The van der Waals surface area contributed by atoms with Crippen LogP contribution in [0.15, 0.2) is 0 Å². The number of aliphatic hydroxyl groups is 1. The molecule has 0 bridgehead atoms. The number of β-amino-alcohol motifs (C(OH)–C–C–N with tert-alkyl or cyclic N) is 1. The summed E-state index contributed by atoms with van der Waals surface area (Å²) in [6, 6.07) is 0. The lowest BCUT2D eigenvalue weighted by molar-refractivity contribution is -0.170. The van der Waals surface area contributed by atoms with Crippen LogP contribution in [0.1, 0.15) is 46.5 Å². The number of ether oxygens (including phenoxy) is 2. The summed E-state index contributed by atoms with van der Waals surface area (Å²) in [5.74, 6) is -0.693. The minimum atomic E-state index is -1.63. The molecule has 1 saturated heterocycles. The second-order valence-electron chi connectivity index (χ2n) is 6.81. The number of likely N-dealkylation sites (tertiary alicyclic amines) is 1. The van der Waals surface area contributed by atoms with E-state index in [0.717, 1.165) is 12.8 Å². The third kappa shape index (κ3) is 2.75. The fourth-order valence-corrected chi connectivity index (χ4v) is 2.68. The molecule has 6 nitrogen and oxygen atoms in total. The fourth-order valence-electron chi connectivity index (χ4n) is 2.68.